The zero-order chi connectivity index (χ0) is 17.0. The Kier molecular flexibility index (Phi) is 3.49. The number of rotatable bonds is 2. The van der Waals surface area contributed by atoms with Crippen LogP contribution in [0.25, 0.3) is 0 Å². The van der Waals surface area contributed by atoms with Gasteiger partial charge in [-0.05, 0) is 13.3 Å². The topological polar surface area (TPSA) is 78.9 Å². The van der Waals surface area contributed by atoms with Gasteiger partial charge in [0.2, 0.25) is 11.8 Å². The lowest BCUT2D eigenvalue weighted by Crippen LogP contribution is -2.58. The van der Waals surface area contributed by atoms with Gasteiger partial charge in [0.25, 0.3) is 0 Å². The van der Waals surface area contributed by atoms with E-state index in [1.807, 2.05) is 11.8 Å². The summed E-state index contributed by atoms with van der Waals surface area (Å²) >= 11 is 0. The third kappa shape index (κ3) is 2.18. The molecule has 0 bridgehead atoms. The maximum atomic E-state index is 14.9. The number of β-amino-alcohol motifs (C(OH)–C–C–N with tert-alkyl or cyclic N) is 1. The van der Waals surface area contributed by atoms with Gasteiger partial charge >= 0.3 is 0 Å². The Bertz CT molecular complexity index is 736. The molecule has 24 heavy (non-hydrogen) atoms. The normalized spacial score (nSPS) is 29.0. The van der Waals surface area contributed by atoms with Gasteiger partial charge in [-0.1, -0.05) is 0 Å². The van der Waals surface area contributed by atoms with E-state index in [2.05, 4.69) is 5.32 Å². The molecule has 2 N–H and O–H groups in total. The molecule has 0 aromatic heterocycles. The Morgan fingerprint density at radius 1 is 1.38 bits per heavy atom. The van der Waals surface area contributed by atoms with Gasteiger partial charge in [-0.3, -0.25) is 14.9 Å². The van der Waals surface area contributed by atoms with Gasteiger partial charge in [-0.15, -0.1) is 0 Å². The number of carbonyl (C=O) groups excluding carboxylic acids is 2. The summed E-state index contributed by atoms with van der Waals surface area (Å²) in [4.78, 5) is 25.4. The van der Waals surface area contributed by atoms with Crippen LogP contribution in [0.15, 0.2) is 6.07 Å². The number of benzene rings is 1. The minimum absolute atomic E-state index is 0.0980. The minimum Gasteiger partial charge on any atom is -0.491 e. The van der Waals surface area contributed by atoms with Gasteiger partial charge in [0.15, 0.2) is 0 Å². The van der Waals surface area contributed by atoms with Crippen molar-refractivity contribution in [2.24, 2.45) is 0 Å². The van der Waals surface area contributed by atoms with Crippen molar-refractivity contribution in [3.63, 3.8) is 0 Å². The third-order valence-corrected chi connectivity index (χ3v) is 5.28. The summed E-state index contributed by atoms with van der Waals surface area (Å²) in [6, 6.07) is 1.30. The van der Waals surface area contributed by atoms with E-state index in [4.69, 9.17) is 4.74 Å². The molecule has 3 aliphatic rings. The SMILES string of the molecule is C[C@@H]1[C@H](O)CN1c1cc(F)c(C2CCC(=O)NC2=O)c2c1OCC2. The average molecular weight is 334 g/mol. The van der Waals surface area contributed by atoms with Crippen molar-refractivity contribution in [3.05, 3.63) is 23.0 Å². The fourth-order valence-corrected chi connectivity index (χ4v) is 3.82. The number of nitrogens with zero attached hydrogens (tertiary/aromatic N) is 1. The molecule has 6 nitrogen and oxygen atoms in total. The Morgan fingerprint density at radius 3 is 2.83 bits per heavy atom. The number of piperidine rings is 1. The molecule has 1 aromatic rings. The van der Waals surface area contributed by atoms with Gasteiger partial charge < -0.3 is 14.7 Å². The fraction of sp³-hybridized carbons (Fsp3) is 0.529. The van der Waals surface area contributed by atoms with E-state index in [0.717, 1.165) is 0 Å². The number of halogens is 1. The highest BCUT2D eigenvalue weighted by molar-refractivity contribution is 6.01. The first-order chi connectivity index (χ1) is 11.5. The second-order valence-electron chi connectivity index (χ2n) is 6.66. The van der Waals surface area contributed by atoms with E-state index >= 15 is 0 Å². The number of aliphatic hydroxyl groups excluding tert-OH is 1. The number of ether oxygens (including phenoxy) is 1. The maximum absolute atomic E-state index is 14.9. The molecule has 4 rings (SSSR count). The fourth-order valence-electron chi connectivity index (χ4n) is 3.82. The summed E-state index contributed by atoms with van der Waals surface area (Å²) < 4.78 is 20.6. The van der Waals surface area contributed by atoms with Crippen molar-refractivity contribution in [2.75, 3.05) is 18.1 Å². The predicted molar refractivity (Wildman–Crippen MR) is 83.5 cm³/mol. The highest BCUT2D eigenvalue weighted by atomic mass is 19.1. The summed E-state index contributed by atoms with van der Waals surface area (Å²) in [5.41, 5.74) is 1.70. The molecular formula is C17H19FN2O4. The number of fused-ring (bicyclic) bond motifs is 1. The summed E-state index contributed by atoms with van der Waals surface area (Å²) in [6.07, 6.45) is 0.632. The number of carbonyl (C=O) groups is 2. The molecule has 0 radical (unpaired) electrons. The maximum Gasteiger partial charge on any atom is 0.234 e. The summed E-state index contributed by atoms with van der Waals surface area (Å²) in [6.45, 7) is 2.76. The average Bonchev–Trinajstić information content (AvgIpc) is 3.02. The number of nitrogens with one attached hydrogen (secondary N) is 1. The van der Waals surface area contributed by atoms with Crippen molar-refractivity contribution in [1.82, 2.24) is 5.32 Å². The van der Waals surface area contributed by atoms with Gasteiger partial charge in [-0.25, -0.2) is 4.39 Å². The molecule has 2 saturated heterocycles. The molecule has 0 saturated carbocycles. The summed E-state index contributed by atoms with van der Waals surface area (Å²) in [5.74, 6) is -1.26. The van der Waals surface area contributed by atoms with E-state index in [1.54, 1.807) is 0 Å². The lowest BCUT2D eigenvalue weighted by molar-refractivity contribution is -0.134. The lowest BCUT2D eigenvalue weighted by Gasteiger charge is -2.45. The van der Waals surface area contributed by atoms with Gasteiger partial charge in [0.1, 0.15) is 11.6 Å². The van der Waals surface area contributed by atoms with Gasteiger partial charge in [0, 0.05) is 36.6 Å². The van der Waals surface area contributed by atoms with Crippen molar-refractivity contribution in [3.8, 4) is 5.75 Å². The van der Waals surface area contributed by atoms with Crippen LogP contribution in [0.4, 0.5) is 10.1 Å². The van der Waals surface area contributed by atoms with Crippen LogP contribution in [0.3, 0.4) is 0 Å². The molecule has 1 unspecified atom stereocenters. The molecule has 2 amide bonds. The van der Waals surface area contributed by atoms with E-state index < -0.39 is 23.7 Å². The smallest absolute Gasteiger partial charge is 0.234 e. The molecule has 0 aliphatic carbocycles. The Labute approximate surface area is 138 Å². The number of imide groups is 1. The first kappa shape index (κ1) is 15.4. The molecule has 7 heteroatoms. The van der Waals surface area contributed by atoms with Crippen molar-refractivity contribution in [1.29, 1.82) is 0 Å². The first-order valence-corrected chi connectivity index (χ1v) is 8.24. The number of hydrogen-bond acceptors (Lipinski definition) is 5. The largest absolute Gasteiger partial charge is 0.491 e. The van der Waals surface area contributed by atoms with E-state index in [9.17, 15) is 19.1 Å². The summed E-state index contributed by atoms with van der Waals surface area (Å²) in [5, 5.41) is 12.0. The number of hydrogen-bond donors (Lipinski definition) is 2. The molecular weight excluding hydrogens is 315 g/mol. The van der Waals surface area contributed by atoms with Crippen LogP contribution in [0.1, 0.15) is 36.8 Å². The van der Waals surface area contributed by atoms with Crippen molar-refractivity contribution in [2.45, 2.75) is 44.2 Å². The number of aliphatic hydroxyl groups is 1. The Balaban J connectivity index is 1.76. The van der Waals surface area contributed by atoms with Gasteiger partial charge in [-0.2, -0.15) is 0 Å². The highest BCUT2D eigenvalue weighted by Gasteiger charge is 2.40. The van der Waals surface area contributed by atoms with Gasteiger partial charge in [0.05, 0.1) is 30.4 Å². The van der Waals surface area contributed by atoms with Crippen LogP contribution in [0.2, 0.25) is 0 Å². The predicted octanol–water partition coefficient (Wildman–Crippen LogP) is 0.850. The highest BCUT2D eigenvalue weighted by Crippen LogP contribution is 2.45. The Morgan fingerprint density at radius 2 is 2.17 bits per heavy atom. The molecule has 3 heterocycles. The molecule has 3 aliphatic heterocycles. The molecule has 1 aromatic carbocycles. The van der Waals surface area contributed by atoms with Crippen molar-refractivity contribution < 1.29 is 23.8 Å². The second-order valence-corrected chi connectivity index (χ2v) is 6.66. The zero-order valence-corrected chi connectivity index (χ0v) is 13.3. The van der Waals surface area contributed by atoms with Crippen molar-refractivity contribution >= 4 is 17.5 Å². The molecule has 3 atom stereocenters. The second kappa shape index (κ2) is 5.44. The first-order valence-electron chi connectivity index (χ1n) is 8.24. The van der Waals surface area contributed by atoms with Crippen LogP contribution in [0, 0.1) is 5.82 Å². The monoisotopic (exact) mass is 334 g/mol. The standard InChI is InChI=1S/C17H19FN2O4/c1-8-13(21)7-20(8)12-6-11(18)15(9-4-5-24-16(9)12)10-2-3-14(22)19-17(10)23/h6,8,10,13,21H,2-5,7H2,1H3,(H,19,22,23)/t8-,10?,13-/m1/s1. The quantitative estimate of drug-likeness (QED) is 0.784. The third-order valence-electron chi connectivity index (χ3n) is 5.28. The van der Waals surface area contributed by atoms with Crippen LogP contribution in [0.5, 0.6) is 5.75 Å². The van der Waals surface area contributed by atoms with Crippen LogP contribution in [-0.2, 0) is 16.0 Å². The molecule has 2 fully saturated rings. The Hall–Kier alpha value is -2.15. The van der Waals surface area contributed by atoms with Crippen LogP contribution < -0.4 is 15.0 Å². The molecule has 0 spiro atoms. The van der Waals surface area contributed by atoms with E-state index in [0.29, 0.717) is 48.6 Å². The molecule has 128 valence electrons. The van der Waals surface area contributed by atoms with Crippen LogP contribution >= 0.6 is 0 Å². The summed E-state index contributed by atoms with van der Waals surface area (Å²) in [7, 11) is 0. The number of amides is 2. The van der Waals surface area contributed by atoms with E-state index in [-0.39, 0.29) is 18.4 Å². The lowest BCUT2D eigenvalue weighted by atomic mass is 9.85. The zero-order valence-electron chi connectivity index (χ0n) is 13.3. The van der Waals surface area contributed by atoms with Crippen LogP contribution in [-0.4, -0.2) is 42.2 Å². The minimum atomic E-state index is -0.661. The number of anilines is 1. The van der Waals surface area contributed by atoms with E-state index in [1.165, 1.54) is 6.07 Å².